The van der Waals surface area contributed by atoms with Crippen LogP contribution in [0.4, 0.5) is 0 Å². The minimum atomic E-state index is -0.451. The number of aliphatic hydroxyl groups is 1. The van der Waals surface area contributed by atoms with Gasteiger partial charge in [-0.15, -0.1) is 0 Å². The molecule has 2 aliphatic heterocycles. The van der Waals surface area contributed by atoms with Gasteiger partial charge in [0.05, 0.1) is 32.0 Å². The Morgan fingerprint density at radius 2 is 2.00 bits per heavy atom. The summed E-state index contributed by atoms with van der Waals surface area (Å²) >= 11 is 0. The summed E-state index contributed by atoms with van der Waals surface area (Å²) in [5.74, 6) is 0.421. The van der Waals surface area contributed by atoms with Crippen LogP contribution in [0.3, 0.4) is 0 Å². The summed E-state index contributed by atoms with van der Waals surface area (Å²) < 4.78 is 17.5. The van der Waals surface area contributed by atoms with Gasteiger partial charge in [0, 0.05) is 19.0 Å². The minimum absolute atomic E-state index is 0.0510. The van der Waals surface area contributed by atoms with Crippen molar-refractivity contribution >= 4 is 0 Å². The van der Waals surface area contributed by atoms with Gasteiger partial charge >= 0.3 is 0 Å². The van der Waals surface area contributed by atoms with Crippen LogP contribution >= 0.6 is 0 Å². The van der Waals surface area contributed by atoms with Crippen LogP contribution in [0.15, 0.2) is 24.3 Å². The Balaban J connectivity index is 1.25. The number of benzene rings is 1. The highest BCUT2D eigenvalue weighted by atomic mass is 16.7. The van der Waals surface area contributed by atoms with E-state index in [1.165, 1.54) is 11.1 Å². The molecule has 0 bridgehead atoms. The van der Waals surface area contributed by atoms with Gasteiger partial charge in [-0.05, 0) is 49.8 Å². The van der Waals surface area contributed by atoms with Gasteiger partial charge in [-0.25, -0.2) is 0 Å². The van der Waals surface area contributed by atoms with Crippen molar-refractivity contribution < 1.29 is 19.3 Å². The number of ether oxygens (including phenoxy) is 3. The molecule has 2 fully saturated rings. The number of nitrogens with zero attached hydrogens (tertiary/aromatic N) is 1. The molecule has 4 rings (SSSR count). The first-order valence-corrected chi connectivity index (χ1v) is 10.1. The van der Waals surface area contributed by atoms with E-state index >= 15 is 0 Å². The normalized spacial score (nSPS) is 28.8. The SMILES string of the molecule is OC(COC1CCCc2ccccc21)CN1CCCC(C2OCCO2)C1. The smallest absolute Gasteiger partial charge is 0.161 e. The highest BCUT2D eigenvalue weighted by Crippen LogP contribution is 2.32. The molecule has 3 atom stereocenters. The number of aryl methyl sites for hydroxylation is 1. The highest BCUT2D eigenvalue weighted by molar-refractivity contribution is 5.31. The van der Waals surface area contributed by atoms with E-state index < -0.39 is 6.10 Å². The van der Waals surface area contributed by atoms with E-state index in [2.05, 4.69) is 29.2 Å². The topological polar surface area (TPSA) is 51.2 Å². The van der Waals surface area contributed by atoms with Crippen LogP contribution in [0.2, 0.25) is 0 Å². The van der Waals surface area contributed by atoms with Crippen molar-refractivity contribution in [1.82, 2.24) is 4.90 Å². The first kappa shape index (κ1) is 18.4. The average molecular weight is 361 g/mol. The predicted octanol–water partition coefficient (Wildman–Crippen LogP) is 2.53. The standard InChI is InChI=1S/C21H31NO4/c23-18(14-22-10-4-7-17(13-22)21-24-11-12-25-21)15-26-20-9-3-6-16-5-1-2-8-19(16)20/h1-2,5,8,17-18,20-21,23H,3-4,6-7,9-15H2. The number of fused-ring (bicyclic) bond motifs is 1. The Morgan fingerprint density at radius 3 is 2.88 bits per heavy atom. The number of β-amino-alcohol motifs (C(OH)–C–C–N with tert-alkyl or cyclic N) is 1. The Hall–Kier alpha value is -0.980. The van der Waals surface area contributed by atoms with Gasteiger partial charge in [0.2, 0.25) is 0 Å². The second-order valence-corrected chi connectivity index (χ2v) is 7.84. The Morgan fingerprint density at radius 1 is 1.15 bits per heavy atom. The van der Waals surface area contributed by atoms with E-state index in [0.717, 1.165) is 45.2 Å². The zero-order valence-electron chi connectivity index (χ0n) is 15.5. The quantitative estimate of drug-likeness (QED) is 0.844. The second-order valence-electron chi connectivity index (χ2n) is 7.84. The number of rotatable bonds is 6. The first-order chi connectivity index (χ1) is 12.8. The molecule has 0 spiro atoms. The summed E-state index contributed by atoms with van der Waals surface area (Å²) in [5.41, 5.74) is 2.70. The zero-order chi connectivity index (χ0) is 17.8. The van der Waals surface area contributed by atoms with Crippen LogP contribution in [0.25, 0.3) is 0 Å². The second kappa shape index (κ2) is 8.81. The highest BCUT2D eigenvalue weighted by Gasteiger charge is 2.31. The van der Waals surface area contributed by atoms with Crippen LogP contribution in [0.5, 0.6) is 0 Å². The lowest BCUT2D eigenvalue weighted by molar-refractivity contribution is -0.104. The molecule has 144 valence electrons. The lowest BCUT2D eigenvalue weighted by Gasteiger charge is -2.36. The maximum atomic E-state index is 10.5. The van der Waals surface area contributed by atoms with Gasteiger partial charge in [0.1, 0.15) is 0 Å². The molecule has 1 aromatic carbocycles. The molecule has 2 heterocycles. The van der Waals surface area contributed by atoms with Gasteiger partial charge in [0.15, 0.2) is 6.29 Å². The minimum Gasteiger partial charge on any atom is -0.389 e. The third kappa shape index (κ3) is 4.46. The summed E-state index contributed by atoms with van der Waals surface area (Å²) in [6, 6.07) is 8.54. The van der Waals surface area contributed by atoms with Crippen LogP contribution in [0.1, 0.15) is 42.9 Å². The maximum Gasteiger partial charge on any atom is 0.161 e. The first-order valence-electron chi connectivity index (χ1n) is 10.1. The molecule has 5 nitrogen and oxygen atoms in total. The molecular weight excluding hydrogens is 330 g/mol. The fraction of sp³-hybridized carbons (Fsp3) is 0.714. The Kier molecular flexibility index (Phi) is 6.23. The summed E-state index contributed by atoms with van der Waals surface area (Å²) in [4.78, 5) is 2.34. The zero-order valence-corrected chi connectivity index (χ0v) is 15.5. The number of likely N-dealkylation sites (tertiary alicyclic amines) is 1. The maximum absolute atomic E-state index is 10.5. The van der Waals surface area contributed by atoms with E-state index in [1.54, 1.807) is 0 Å². The monoisotopic (exact) mass is 361 g/mol. The Bertz CT molecular complexity index is 575. The van der Waals surface area contributed by atoms with Crippen LogP contribution in [-0.2, 0) is 20.6 Å². The largest absolute Gasteiger partial charge is 0.389 e. The van der Waals surface area contributed by atoms with Gasteiger partial charge in [-0.1, -0.05) is 24.3 Å². The molecule has 0 aromatic heterocycles. The molecule has 3 aliphatic rings. The van der Waals surface area contributed by atoms with Crippen molar-refractivity contribution in [2.24, 2.45) is 5.92 Å². The van der Waals surface area contributed by atoms with E-state index in [0.29, 0.717) is 32.3 Å². The molecule has 2 saturated heterocycles. The molecule has 26 heavy (non-hydrogen) atoms. The molecule has 5 heteroatoms. The number of aliphatic hydroxyl groups excluding tert-OH is 1. The van der Waals surface area contributed by atoms with Crippen molar-refractivity contribution in [2.45, 2.75) is 50.6 Å². The van der Waals surface area contributed by atoms with Crippen LogP contribution in [-0.4, -0.2) is 61.9 Å². The molecular formula is C21H31NO4. The van der Waals surface area contributed by atoms with E-state index in [9.17, 15) is 5.11 Å². The molecule has 0 amide bonds. The number of hydrogen-bond acceptors (Lipinski definition) is 5. The summed E-state index contributed by atoms with van der Waals surface area (Å²) in [6.45, 7) is 4.45. The summed E-state index contributed by atoms with van der Waals surface area (Å²) in [6.07, 6.45) is 5.25. The van der Waals surface area contributed by atoms with Gasteiger partial charge in [-0.3, -0.25) is 0 Å². The van der Waals surface area contributed by atoms with Crippen molar-refractivity contribution in [3.8, 4) is 0 Å². The predicted molar refractivity (Wildman–Crippen MR) is 98.9 cm³/mol. The molecule has 0 saturated carbocycles. The fourth-order valence-corrected chi connectivity index (χ4v) is 4.59. The van der Waals surface area contributed by atoms with Gasteiger partial charge in [0.25, 0.3) is 0 Å². The molecule has 3 unspecified atom stereocenters. The third-order valence-corrected chi connectivity index (χ3v) is 5.85. The summed E-state index contributed by atoms with van der Waals surface area (Å²) in [7, 11) is 0. The molecule has 1 aromatic rings. The van der Waals surface area contributed by atoms with Crippen LogP contribution < -0.4 is 0 Å². The fourth-order valence-electron chi connectivity index (χ4n) is 4.59. The van der Waals surface area contributed by atoms with Crippen molar-refractivity contribution in [2.75, 3.05) is 39.5 Å². The third-order valence-electron chi connectivity index (χ3n) is 5.85. The van der Waals surface area contributed by atoms with Gasteiger partial charge in [-0.2, -0.15) is 0 Å². The number of hydrogen-bond donors (Lipinski definition) is 1. The van der Waals surface area contributed by atoms with Gasteiger partial charge < -0.3 is 24.2 Å². The Labute approximate surface area is 156 Å². The molecule has 0 radical (unpaired) electrons. The molecule has 1 aliphatic carbocycles. The van der Waals surface area contributed by atoms with E-state index in [4.69, 9.17) is 14.2 Å². The van der Waals surface area contributed by atoms with E-state index in [1.807, 2.05) is 0 Å². The lowest BCUT2D eigenvalue weighted by Crippen LogP contribution is -2.44. The van der Waals surface area contributed by atoms with Crippen molar-refractivity contribution in [1.29, 1.82) is 0 Å². The molecule has 1 N–H and O–H groups in total. The van der Waals surface area contributed by atoms with Crippen LogP contribution in [0, 0.1) is 5.92 Å². The van der Waals surface area contributed by atoms with E-state index in [-0.39, 0.29) is 12.4 Å². The summed E-state index contributed by atoms with van der Waals surface area (Å²) in [5, 5.41) is 10.5. The lowest BCUT2D eigenvalue weighted by atomic mass is 9.89. The average Bonchev–Trinajstić information content (AvgIpc) is 3.21. The van der Waals surface area contributed by atoms with Crippen molar-refractivity contribution in [3.05, 3.63) is 35.4 Å². The number of piperidine rings is 1. The van der Waals surface area contributed by atoms with Crippen molar-refractivity contribution in [3.63, 3.8) is 0 Å².